The summed E-state index contributed by atoms with van der Waals surface area (Å²) in [5.74, 6) is 2.32. The SMILES string of the molecule is CCCCCCOc1ccc(C2CCC(CCCCCC)CC2)cc1C#N. The first-order valence-corrected chi connectivity index (χ1v) is 11.4. The first kappa shape index (κ1) is 21.8. The molecule has 2 rings (SSSR count). The summed E-state index contributed by atoms with van der Waals surface area (Å²) < 4.78 is 5.88. The van der Waals surface area contributed by atoms with Gasteiger partial charge in [-0.05, 0) is 61.6 Å². The molecule has 0 N–H and O–H groups in total. The number of hydrogen-bond donors (Lipinski definition) is 0. The van der Waals surface area contributed by atoms with E-state index in [0.717, 1.165) is 24.7 Å². The van der Waals surface area contributed by atoms with Crippen LogP contribution in [0.25, 0.3) is 0 Å². The van der Waals surface area contributed by atoms with Crippen LogP contribution in [0.2, 0.25) is 0 Å². The van der Waals surface area contributed by atoms with Crippen LogP contribution in [-0.4, -0.2) is 6.61 Å². The fourth-order valence-electron chi connectivity index (χ4n) is 4.37. The molecule has 1 aliphatic rings. The van der Waals surface area contributed by atoms with Crippen LogP contribution in [-0.2, 0) is 0 Å². The lowest BCUT2D eigenvalue weighted by atomic mass is 9.77. The number of rotatable bonds is 12. The van der Waals surface area contributed by atoms with E-state index in [1.165, 1.54) is 82.6 Å². The van der Waals surface area contributed by atoms with Crippen molar-refractivity contribution in [2.75, 3.05) is 6.61 Å². The standard InChI is InChI=1S/C25H39NO/c1-3-5-7-9-11-21-12-14-22(15-13-21)23-16-17-25(24(19-23)20-26)27-18-10-8-6-4-2/h16-17,19,21-22H,3-15,18H2,1-2H3. The van der Waals surface area contributed by atoms with E-state index in [2.05, 4.69) is 32.0 Å². The molecule has 27 heavy (non-hydrogen) atoms. The van der Waals surface area contributed by atoms with E-state index in [1.807, 2.05) is 6.07 Å². The highest BCUT2D eigenvalue weighted by Gasteiger charge is 2.22. The second-order valence-electron chi connectivity index (χ2n) is 8.34. The van der Waals surface area contributed by atoms with Crippen LogP contribution >= 0.6 is 0 Å². The number of benzene rings is 1. The molecule has 2 heteroatoms. The number of nitriles is 1. The topological polar surface area (TPSA) is 33.0 Å². The maximum absolute atomic E-state index is 9.53. The Hall–Kier alpha value is -1.49. The maximum Gasteiger partial charge on any atom is 0.137 e. The number of nitrogens with zero attached hydrogens (tertiary/aromatic N) is 1. The number of unbranched alkanes of at least 4 members (excludes halogenated alkanes) is 6. The molecule has 2 nitrogen and oxygen atoms in total. The Labute approximate surface area is 167 Å². The van der Waals surface area contributed by atoms with Crippen molar-refractivity contribution in [1.82, 2.24) is 0 Å². The van der Waals surface area contributed by atoms with Gasteiger partial charge in [-0.1, -0.05) is 71.3 Å². The molecule has 1 fully saturated rings. The molecule has 0 unspecified atom stereocenters. The Morgan fingerprint density at radius 2 is 1.63 bits per heavy atom. The van der Waals surface area contributed by atoms with Gasteiger partial charge in [-0.3, -0.25) is 0 Å². The predicted molar refractivity (Wildman–Crippen MR) is 114 cm³/mol. The summed E-state index contributed by atoms with van der Waals surface area (Å²) >= 11 is 0. The molecular formula is C25H39NO. The molecule has 0 aliphatic heterocycles. The van der Waals surface area contributed by atoms with Crippen molar-refractivity contribution in [3.8, 4) is 11.8 Å². The summed E-state index contributed by atoms with van der Waals surface area (Å²) in [5, 5.41) is 9.53. The molecule has 0 spiro atoms. The first-order valence-electron chi connectivity index (χ1n) is 11.4. The van der Waals surface area contributed by atoms with Gasteiger partial charge in [0.2, 0.25) is 0 Å². The molecule has 0 amide bonds. The molecule has 1 aromatic carbocycles. The van der Waals surface area contributed by atoms with Gasteiger partial charge in [0.1, 0.15) is 11.8 Å². The van der Waals surface area contributed by atoms with Gasteiger partial charge in [-0.2, -0.15) is 5.26 Å². The number of ether oxygens (including phenoxy) is 1. The molecule has 0 heterocycles. The van der Waals surface area contributed by atoms with E-state index in [9.17, 15) is 5.26 Å². The average Bonchev–Trinajstić information content (AvgIpc) is 2.71. The molecular weight excluding hydrogens is 330 g/mol. The van der Waals surface area contributed by atoms with E-state index in [0.29, 0.717) is 11.5 Å². The van der Waals surface area contributed by atoms with Gasteiger partial charge >= 0.3 is 0 Å². The Morgan fingerprint density at radius 1 is 0.926 bits per heavy atom. The van der Waals surface area contributed by atoms with Gasteiger partial charge in [-0.15, -0.1) is 0 Å². The van der Waals surface area contributed by atoms with Crippen LogP contribution in [0.3, 0.4) is 0 Å². The van der Waals surface area contributed by atoms with Crippen LogP contribution in [0.4, 0.5) is 0 Å². The highest BCUT2D eigenvalue weighted by molar-refractivity contribution is 5.46. The van der Waals surface area contributed by atoms with Gasteiger partial charge in [0, 0.05) is 0 Å². The zero-order valence-corrected chi connectivity index (χ0v) is 17.6. The van der Waals surface area contributed by atoms with Crippen LogP contribution in [0.1, 0.15) is 114 Å². The minimum absolute atomic E-state index is 0.627. The lowest BCUT2D eigenvalue weighted by molar-refractivity contribution is 0.299. The Balaban J connectivity index is 1.80. The van der Waals surface area contributed by atoms with Crippen molar-refractivity contribution in [1.29, 1.82) is 5.26 Å². The summed E-state index contributed by atoms with van der Waals surface area (Å²) in [6, 6.07) is 8.68. The lowest BCUT2D eigenvalue weighted by Gasteiger charge is -2.29. The van der Waals surface area contributed by atoms with Crippen LogP contribution in [0.5, 0.6) is 5.75 Å². The monoisotopic (exact) mass is 369 g/mol. The third kappa shape index (κ3) is 7.57. The number of hydrogen-bond acceptors (Lipinski definition) is 2. The quantitative estimate of drug-likeness (QED) is 0.353. The van der Waals surface area contributed by atoms with Crippen LogP contribution < -0.4 is 4.74 Å². The van der Waals surface area contributed by atoms with Gasteiger partial charge in [-0.25, -0.2) is 0 Å². The van der Waals surface area contributed by atoms with Gasteiger partial charge in [0.05, 0.1) is 12.2 Å². The highest BCUT2D eigenvalue weighted by Crippen LogP contribution is 2.38. The Kier molecular flexibility index (Phi) is 10.4. The van der Waals surface area contributed by atoms with E-state index in [4.69, 9.17) is 4.74 Å². The summed E-state index contributed by atoms with van der Waals surface area (Å²) in [4.78, 5) is 0. The molecule has 0 atom stereocenters. The van der Waals surface area contributed by atoms with Crippen LogP contribution in [0, 0.1) is 17.2 Å². The Morgan fingerprint density at radius 3 is 2.30 bits per heavy atom. The molecule has 1 aliphatic carbocycles. The zero-order chi connectivity index (χ0) is 19.3. The Bertz CT molecular complexity index is 566. The van der Waals surface area contributed by atoms with E-state index < -0.39 is 0 Å². The fourth-order valence-corrected chi connectivity index (χ4v) is 4.37. The molecule has 1 saturated carbocycles. The van der Waals surface area contributed by atoms with Gasteiger partial charge in [0.25, 0.3) is 0 Å². The second-order valence-corrected chi connectivity index (χ2v) is 8.34. The minimum atomic E-state index is 0.627. The summed E-state index contributed by atoms with van der Waals surface area (Å²) in [7, 11) is 0. The molecule has 0 bridgehead atoms. The lowest BCUT2D eigenvalue weighted by Crippen LogP contribution is -2.13. The smallest absolute Gasteiger partial charge is 0.137 e. The fraction of sp³-hybridized carbons (Fsp3) is 0.720. The van der Waals surface area contributed by atoms with Crippen molar-refractivity contribution < 1.29 is 4.74 Å². The van der Waals surface area contributed by atoms with Crippen molar-refractivity contribution in [2.45, 2.75) is 103 Å². The second kappa shape index (κ2) is 12.8. The van der Waals surface area contributed by atoms with Crippen molar-refractivity contribution in [3.05, 3.63) is 29.3 Å². The summed E-state index contributed by atoms with van der Waals surface area (Å²) in [6.45, 7) is 5.22. The van der Waals surface area contributed by atoms with E-state index >= 15 is 0 Å². The van der Waals surface area contributed by atoms with Gasteiger partial charge < -0.3 is 4.74 Å². The molecule has 0 saturated heterocycles. The normalized spacial score (nSPS) is 19.6. The highest BCUT2D eigenvalue weighted by atomic mass is 16.5. The minimum Gasteiger partial charge on any atom is -0.492 e. The van der Waals surface area contributed by atoms with Crippen molar-refractivity contribution in [3.63, 3.8) is 0 Å². The molecule has 150 valence electrons. The van der Waals surface area contributed by atoms with Crippen LogP contribution in [0.15, 0.2) is 18.2 Å². The largest absolute Gasteiger partial charge is 0.492 e. The third-order valence-electron chi connectivity index (χ3n) is 6.16. The third-order valence-corrected chi connectivity index (χ3v) is 6.16. The zero-order valence-electron chi connectivity index (χ0n) is 17.6. The first-order chi connectivity index (χ1) is 13.3. The summed E-state index contributed by atoms with van der Waals surface area (Å²) in [6.07, 6.45) is 17.0. The molecule has 0 radical (unpaired) electrons. The van der Waals surface area contributed by atoms with Crippen molar-refractivity contribution >= 4 is 0 Å². The molecule has 1 aromatic rings. The van der Waals surface area contributed by atoms with Crippen molar-refractivity contribution in [2.24, 2.45) is 5.92 Å². The predicted octanol–water partition coefficient (Wildman–Crippen LogP) is 7.76. The molecule has 0 aromatic heterocycles. The maximum atomic E-state index is 9.53. The summed E-state index contributed by atoms with van der Waals surface area (Å²) in [5.41, 5.74) is 2.05. The van der Waals surface area contributed by atoms with Gasteiger partial charge in [0.15, 0.2) is 0 Å². The van der Waals surface area contributed by atoms with E-state index in [1.54, 1.807) is 0 Å². The average molecular weight is 370 g/mol. The van der Waals surface area contributed by atoms with E-state index in [-0.39, 0.29) is 0 Å².